The molecule has 0 saturated heterocycles. The highest BCUT2D eigenvalue weighted by Gasteiger charge is 2.02. The van der Waals surface area contributed by atoms with Crippen molar-refractivity contribution in [2.45, 2.75) is 0 Å². The number of benzene rings is 3. The maximum atomic E-state index is 11.9. The second-order valence-corrected chi connectivity index (χ2v) is 5.56. The number of amides is 1. The molecule has 0 aliphatic carbocycles. The topological polar surface area (TPSA) is 67.5 Å². The maximum absolute atomic E-state index is 11.9. The van der Waals surface area contributed by atoms with Crippen LogP contribution in [0.2, 0.25) is 0 Å². The van der Waals surface area contributed by atoms with Gasteiger partial charge in [-0.2, -0.15) is 5.10 Å². The largest absolute Gasteiger partial charge is 0.399 e. The molecule has 0 radical (unpaired) electrons. The maximum Gasteiger partial charge on any atom is 0.271 e. The van der Waals surface area contributed by atoms with E-state index in [1.807, 2.05) is 54.6 Å². The molecular weight excluding hydrogens is 322 g/mol. The fourth-order valence-electron chi connectivity index (χ4n) is 2.18. The molecule has 3 aromatic carbocycles. The number of anilines is 1. The number of carbonyl (C=O) groups excluding carboxylic acids is 1. The molecule has 3 N–H and O–H groups in total. The minimum atomic E-state index is -0.286. The molecule has 0 spiro atoms. The van der Waals surface area contributed by atoms with Crippen molar-refractivity contribution < 1.29 is 4.79 Å². The van der Waals surface area contributed by atoms with Gasteiger partial charge in [0.05, 0.1) is 6.21 Å². The molecule has 0 heterocycles. The van der Waals surface area contributed by atoms with Crippen molar-refractivity contribution >= 4 is 17.8 Å². The van der Waals surface area contributed by atoms with Gasteiger partial charge in [-0.3, -0.25) is 4.79 Å². The Morgan fingerprint density at radius 1 is 0.846 bits per heavy atom. The molecule has 3 rings (SSSR count). The number of nitrogen functional groups attached to an aromatic ring is 1. The van der Waals surface area contributed by atoms with Crippen LogP contribution >= 0.6 is 0 Å². The summed E-state index contributed by atoms with van der Waals surface area (Å²) in [5, 5.41) is 3.97. The SMILES string of the molecule is Nc1ccc(C(=O)N/N=C/c2ccc(C#Cc3ccccc3)cc2)cc1. The highest BCUT2D eigenvalue weighted by molar-refractivity contribution is 5.95. The molecule has 3 aromatic rings. The molecule has 0 atom stereocenters. The number of hydrogen-bond acceptors (Lipinski definition) is 3. The van der Waals surface area contributed by atoms with Crippen LogP contribution < -0.4 is 11.2 Å². The van der Waals surface area contributed by atoms with Crippen molar-refractivity contribution in [2.24, 2.45) is 5.10 Å². The van der Waals surface area contributed by atoms with Gasteiger partial charge in [0.2, 0.25) is 0 Å². The quantitative estimate of drug-likeness (QED) is 0.332. The molecule has 0 aliphatic heterocycles. The fraction of sp³-hybridized carbons (Fsp3) is 0. The molecule has 0 bridgehead atoms. The van der Waals surface area contributed by atoms with E-state index in [9.17, 15) is 4.79 Å². The van der Waals surface area contributed by atoms with Crippen LogP contribution in [0, 0.1) is 11.8 Å². The molecule has 0 aromatic heterocycles. The van der Waals surface area contributed by atoms with E-state index in [2.05, 4.69) is 22.4 Å². The Morgan fingerprint density at radius 2 is 1.46 bits per heavy atom. The number of hydrogen-bond donors (Lipinski definition) is 2. The minimum absolute atomic E-state index is 0.286. The highest BCUT2D eigenvalue weighted by atomic mass is 16.2. The molecule has 0 aliphatic rings. The van der Waals surface area contributed by atoms with E-state index < -0.39 is 0 Å². The zero-order valence-corrected chi connectivity index (χ0v) is 14.0. The zero-order valence-electron chi connectivity index (χ0n) is 14.0. The van der Waals surface area contributed by atoms with Crippen LogP contribution in [0.25, 0.3) is 0 Å². The Hall–Kier alpha value is -3.84. The van der Waals surface area contributed by atoms with Gasteiger partial charge in [0, 0.05) is 22.4 Å². The monoisotopic (exact) mass is 339 g/mol. The molecule has 126 valence electrons. The van der Waals surface area contributed by atoms with Crippen molar-refractivity contribution in [3.63, 3.8) is 0 Å². The molecule has 4 nitrogen and oxygen atoms in total. The van der Waals surface area contributed by atoms with E-state index in [1.54, 1.807) is 30.5 Å². The summed E-state index contributed by atoms with van der Waals surface area (Å²) in [5.41, 5.74) is 12.0. The van der Waals surface area contributed by atoms with Gasteiger partial charge in [0.25, 0.3) is 5.91 Å². The lowest BCUT2D eigenvalue weighted by atomic mass is 10.1. The number of nitrogens with two attached hydrogens (primary N) is 1. The van der Waals surface area contributed by atoms with E-state index >= 15 is 0 Å². The third-order valence-electron chi connectivity index (χ3n) is 3.59. The lowest BCUT2D eigenvalue weighted by molar-refractivity contribution is 0.0955. The standard InChI is InChI=1S/C22H17N3O/c23-21-14-12-20(13-15-21)22(26)25-24-16-19-10-8-18(9-11-19)7-6-17-4-2-1-3-5-17/h1-5,8-16H,23H2,(H,25,26)/b24-16+. The second kappa shape index (κ2) is 8.32. The first-order valence-corrected chi connectivity index (χ1v) is 8.07. The van der Waals surface area contributed by atoms with Crippen molar-refractivity contribution in [1.29, 1.82) is 0 Å². The summed E-state index contributed by atoms with van der Waals surface area (Å²) >= 11 is 0. The Labute approximate surface area is 152 Å². The molecule has 26 heavy (non-hydrogen) atoms. The van der Waals surface area contributed by atoms with Crippen LogP contribution in [0.1, 0.15) is 27.0 Å². The first-order chi connectivity index (χ1) is 12.7. The summed E-state index contributed by atoms with van der Waals surface area (Å²) < 4.78 is 0. The van der Waals surface area contributed by atoms with Gasteiger partial charge in [-0.15, -0.1) is 0 Å². The van der Waals surface area contributed by atoms with Crippen LogP contribution in [0.3, 0.4) is 0 Å². The average Bonchev–Trinajstić information content (AvgIpc) is 2.68. The molecule has 1 amide bonds. The number of nitrogens with zero attached hydrogens (tertiary/aromatic N) is 1. The molecule has 0 unspecified atom stereocenters. The first-order valence-electron chi connectivity index (χ1n) is 8.07. The number of hydrazone groups is 1. The van der Waals surface area contributed by atoms with Crippen LogP contribution in [-0.2, 0) is 0 Å². The van der Waals surface area contributed by atoms with Crippen molar-refractivity contribution in [1.82, 2.24) is 5.43 Å². The predicted octanol–water partition coefficient (Wildman–Crippen LogP) is 3.43. The summed E-state index contributed by atoms with van der Waals surface area (Å²) in [6.45, 7) is 0. The Kier molecular flexibility index (Phi) is 5.44. The average molecular weight is 339 g/mol. The summed E-state index contributed by atoms with van der Waals surface area (Å²) in [6, 6.07) is 24.1. The molecular formula is C22H17N3O. The normalized spacial score (nSPS) is 10.2. The Balaban J connectivity index is 1.59. The van der Waals surface area contributed by atoms with E-state index in [0.29, 0.717) is 11.3 Å². The van der Waals surface area contributed by atoms with Gasteiger partial charge in [-0.25, -0.2) is 5.43 Å². The van der Waals surface area contributed by atoms with E-state index in [1.165, 1.54) is 0 Å². The smallest absolute Gasteiger partial charge is 0.271 e. The predicted molar refractivity (Wildman–Crippen MR) is 105 cm³/mol. The molecule has 0 fully saturated rings. The Bertz CT molecular complexity index is 964. The summed E-state index contributed by atoms with van der Waals surface area (Å²) in [4.78, 5) is 11.9. The third-order valence-corrected chi connectivity index (χ3v) is 3.59. The van der Waals surface area contributed by atoms with Gasteiger partial charge in [-0.1, -0.05) is 42.2 Å². The first kappa shape index (κ1) is 17.0. The summed E-state index contributed by atoms with van der Waals surface area (Å²) in [6.07, 6.45) is 1.59. The van der Waals surface area contributed by atoms with Crippen molar-refractivity contribution in [2.75, 3.05) is 5.73 Å². The van der Waals surface area contributed by atoms with Gasteiger partial charge in [0.1, 0.15) is 0 Å². The molecule has 4 heteroatoms. The fourth-order valence-corrected chi connectivity index (χ4v) is 2.18. The van der Waals surface area contributed by atoms with E-state index in [0.717, 1.165) is 16.7 Å². The van der Waals surface area contributed by atoms with Gasteiger partial charge >= 0.3 is 0 Å². The van der Waals surface area contributed by atoms with E-state index in [-0.39, 0.29) is 5.91 Å². The lowest BCUT2D eigenvalue weighted by Gasteiger charge is -2.00. The second-order valence-electron chi connectivity index (χ2n) is 5.56. The van der Waals surface area contributed by atoms with Crippen LogP contribution in [-0.4, -0.2) is 12.1 Å². The van der Waals surface area contributed by atoms with Gasteiger partial charge < -0.3 is 5.73 Å². The van der Waals surface area contributed by atoms with Crippen molar-refractivity contribution in [3.8, 4) is 11.8 Å². The molecule has 0 saturated carbocycles. The third kappa shape index (κ3) is 4.83. The number of carbonyl (C=O) groups is 1. The highest BCUT2D eigenvalue weighted by Crippen LogP contribution is 2.05. The lowest BCUT2D eigenvalue weighted by Crippen LogP contribution is -2.17. The Morgan fingerprint density at radius 3 is 2.12 bits per heavy atom. The van der Waals surface area contributed by atoms with Crippen LogP contribution in [0.15, 0.2) is 84.0 Å². The van der Waals surface area contributed by atoms with Gasteiger partial charge in [-0.05, 0) is 54.1 Å². The van der Waals surface area contributed by atoms with Gasteiger partial charge in [0.15, 0.2) is 0 Å². The number of rotatable bonds is 3. The van der Waals surface area contributed by atoms with Crippen LogP contribution in [0.4, 0.5) is 5.69 Å². The van der Waals surface area contributed by atoms with Crippen molar-refractivity contribution in [3.05, 3.63) is 101 Å². The van der Waals surface area contributed by atoms with E-state index in [4.69, 9.17) is 5.73 Å². The minimum Gasteiger partial charge on any atom is -0.399 e. The summed E-state index contributed by atoms with van der Waals surface area (Å²) in [7, 11) is 0. The number of nitrogens with one attached hydrogen (secondary N) is 1. The summed E-state index contributed by atoms with van der Waals surface area (Å²) in [5.74, 6) is 5.94. The van der Waals surface area contributed by atoms with Crippen LogP contribution in [0.5, 0.6) is 0 Å². The zero-order chi connectivity index (χ0) is 18.2.